The molecule has 1 spiro atoms. The van der Waals surface area contributed by atoms with Gasteiger partial charge in [0.05, 0.1) is 5.54 Å². The van der Waals surface area contributed by atoms with E-state index in [4.69, 9.17) is 9.47 Å². The lowest BCUT2D eigenvalue weighted by Crippen LogP contribution is -2.73. The molecule has 3 fully saturated rings. The van der Waals surface area contributed by atoms with Gasteiger partial charge in [0.2, 0.25) is 5.91 Å². The van der Waals surface area contributed by atoms with Gasteiger partial charge in [0.25, 0.3) is 0 Å². The third-order valence-corrected chi connectivity index (χ3v) is 5.35. The molecule has 1 aliphatic carbocycles. The van der Waals surface area contributed by atoms with Gasteiger partial charge in [-0.15, -0.1) is 0 Å². The van der Waals surface area contributed by atoms with E-state index < -0.39 is 0 Å². The minimum absolute atomic E-state index is 0.114. The zero-order valence-corrected chi connectivity index (χ0v) is 13.3. The summed E-state index contributed by atoms with van der Waals surface area (Å²) < 4.78 is 10.8. The Labute approximate surface area is 127 Å². The number of carbonyl (C=O) groups excluding carboxylic acids is 1. The normalized spacial score (nSPS) is 28.7. The first-order chi connectivity index (χ1) is 10.1. The molecule has 0 aromatic heterocycles. The van der Waals surface area contributed by atoms with Crippen LogP contribution >= 0.6 is 0 Å². The molecule has 0 aromatic carbocycles. The van der Waals surface area contributed by atoms with E-state index >= 15 is 0 Å². The number of nitrogens with zero attached hydrogens (tertiary/aromatic N) is 2. The van der Waals surface area contributed by atoms with E-state index in [0.717, 1.165) is 45.2 Å². The SMILES string of the molecule is COCC(=O)N1CC2(CC(COCC3CC3)CCN2C)C1. The molecule has 2 saturated heterocycles. The summed E-state index contributed by atoms with van der Waals surface area (Å²) in [5.41, 5.74) is 0.190. The first kappa shape index (κ1) is 15.3. The molecule has 0 aromatic rings. The zero-order valence-electron chi connectivity index (χ0n) is 13.3. The highest BCUT2D eigenvalue weighted by Crippen LogP contribution is 2.38. The van der Waals surface area contributed by atoms with Crippen molar-refractivity contribution in [3.05, 3.63) is 0 Å². The fourth-order valence-corrected chi connectivity index (χ4v) is 3.66. The van der Waals surface area contributed by atoms with Crippen molar-refractivity contribution in [3.63, 3.8) is 0 Å². The molecule has 3 rings (SSSR count). The average Bonchev–Trinajstić information content (AvgIpc) is 3.22. The number of amides is 1. The topological polar surface area (TPSA) is 42.0 Å². The van der Waals surface area contributed by atoms with Crippen LogP contribution in [0.2, 0.25) is 0 Å². The number of likely N-dealkylation sites (N-methyl/N-ethyl adjacent to an activating group) is 1. The molecule has 0 bridgehead atoms. The van der Waals surface area contributed by atoms with Crippen molar-refractivity contribution in [3.8, 4) is 0 Å². The Balaban J connectivity index is 1.46. The number of likely N-dealkylation sites (tertiary alicyclic amines) is 2. The van der Waals surface area contributed by atoms with Gasteiger partial charge < -0.3 is 14.4 Å². The maximum Gasteiger partial charge on any atom is 0.248 e. The molecule has 1 saturated carbocycles. The highest BCUT2D eigenvalue weighted by molar-refractivity contribution is 5.78. The minimum Gasteiger partial charge on any atom is -0.381 e. The number of carbonyl (C=O) groups is 1. The van der Waals surface area contributed by atoms with Gasteiger partial charge in [-0.3, -0.25) is 9.69 Å². The molecular weight excluding hydrogens is 268 g/mol. The summed E-state index contributed by atoms with van der Waals surface area (Å²) in [4.78, 5) is 16.2. The Hall–Kier alpha value is -0.650. The first-order valence-electron chi connectivity index (χ1n) is 8.19. The van der Waals surface area contributed by atoms with Gasteiger partial charge in [0.1, 0.15) is 6.61 Å². The van der Waals surface area contributed by atoms with Crippen LogP contribution in [-0.4, -0.2) is 74.9 Å². The quantitative estimate of drug-likeness (QED) is 0.733. The third-order valence-electron chi connectivity index (χ3n) is 5.35. The fraction of sp³-hybridized carbons (Fsp3) is 0.938. The molecule has 5 heteroatoms. The van der Waals surface area contributed by atoms with Crippen LogP contribution < -0.4 is 0 Å². The predicted octanol–water partition coefficient (Wildman–Crippen LogP) is 0.982. The summed E-state index contributed by atoms with van der Waals surface area (Å²) in [6.45, 7) is 4.88. The second-order valence-corrected chi connectivity index (χ2v) is 7.17. The maximum atomic E-state index is 11.9. The van der Waals surface area contributed by atoms with E-state index in [-0.39, 0.29) is 18.1 Å². The van der Waals surface area contributed by atoms with E-state index in [0.29, 0.717) is 5.92 Å². The molecule has 1 amide bonds. The van der Waals surface area contributed by atoms with Crippen LogP contribution in [0, 0.1) is 11.8 Å². The Bertz CT molecular complexity index is 378. The lowest BCUT2D eigenvalue weighted by molar-refractivity contribution is -0.154. The number of hydrogen-bond donors (Lipinski definition) is 0. The van der Waals surface area contributed by atoms with Gasteiger partial charge in [0.15, 0.2) is 0 Å². The van der Waals surface area contributed by atoms with Crippen molar-refractivity contribution < 1.29 is 14.3 Å². The van der Waals surface area contributed by atoms with E-state index in [1.165, 1.54) is 19.3 Å². The summed E-state index contributed by atoms with van der Waals surface area (Å²) in [6.07, 6.45) is 5.09. The van der Waals surface area contributed by atoms with Crippen molar-refractivity contribution in [2.45, 2.75) is 31.2 Å². The van der Waals surface area contributed by atoms with Crippen LogP contribution in [-0.2, 0) is 14.3 Å². The van der Waals surface area contributed by atoms with Gasteiger partial charge in [-0.05, 0) is 51.1 Å². The first-order valence-corrected chi connectivity index (χ1v) is 8.19. The van der Waals surface area contributed by atoms with Gasteiger partial charge in [0, 0.05) is 33.4 Å². The van der Waals surface area contributed by atoms with E-state index in [9.17, 15) is 4.79 Å². The molecule has 2 heterocycles. The lowest BCUT2D eigenvalue weighted by Gasteiger charge is -2.58. The number of ether oxygens (including phenoxy) is 2. The van der Waals surface area contributed by atoms with Crippen LogP contribution in [0.3, 0.4) is 0 Å². The van der Waals surface area contributed by atoms with Crippen molar-refractivity contribution >= 4 is 5.91 Å². The van der Waals surface area contributed by atoms with Crippen LogP contribution in [0.4, 0.5) is 0 Å². The molecule has 5 nitrogen and oxygen atoms in total. The monoisotopic (exact) mass is 296 g/mol. The van der Waals surface area contributed by atoms with Crippen molar-refractivity contribution in [2.75, 3.05) is 53.6 Å². The smallest absolute Gasteiger partial charge is 0.248 e. The molecular formula is C16H28N2O3. The molecule has 1 unspecified atom stereocenters. The Morgan fingerprint density at radius 2 is 1.90 bits per heavy atom. The molecule has 2 aliphatic heterocycles. The van der Waals surface area contributed by atoms with Gasteiger partial charge in [-0.25, -0.2) is 0 Å². The molecule has 0 N–H and O–H groups in total. The summed E-state index contributed by atoms with van der Waals surface area (Å²) in [5, 5.41) is 0. The van der Waals surface area contributed by atoms with Crippen LogP contribution in [0.25, 0.3) is 0 Å². The van der Waals surface area contributed by atoms with Gasteiger partial charge in [-0.2, -0.15) is 0 Å². The van der Waals surface area contributed by atoms with Crippen LogP contribution in [0.5, 0.6) is 0 Å². The number of piperidine rings is 1. The van der Waals surface area contributed by atoms with E-state index in [2.05, 4.69) is 11.9 Å². The number of hydrogen-bond acceptors (Lipinski definition) is 4. The molecule has 1 atom stereocenters. The maximum absolute atomic E-state index is 11.9. The average molecular weight is 296 g/mol. The van der Waals surface area contributed by atoms with Crippen LogP contribution in [0.15, 0.2) is 0 Å². The van der Waals surface area contributed by atoms with Gasteiger partial charge in [-0.1, -0.05) is 0 Å². The Morgan fingerprint density at radius 3 is 2.57 bits per heavy atom. The Morgan fingerprint density at radius 1 is 1.19 bits per heavy atom. The van der Waals surface area contributed by atoms with Gasteiger partial charge >= 0.3 is 0 Å². The molecule has 0 radical (unpaired) electrons. The minimum atomic E-state index is 0.114. The summed E-state index contributed by atoms with van der Waals surface area (Å²) >= 11 is 0. The van der Waals surface area contributed by atoms with Crippen molar-refractivity contribution in [2.24, 2.45) is 11.8 Å². The standard InChI is InChI=1S/C16H28N2O3/c1-17-6-5-14(9-21-8-13-3-4-13)7-16(17)11-18(12-16)15(19)10-20-2/h13-14H,3-12H2,1-2H3. The molecule has 3 aliphatic rings. The summed E-state index contributed by atoms with van der Waals surface area (Å²) in [5.74, 6) is 1.61. The highest BCUT2D eigenvalue weighted by atomic mass is 16.5. The van der Waals surface area contributed by atoms with E-state index in [1.54, 1.807) is 7.11 Å². The largest absolute Gasteiger partial charge is 0.381 e. The second-order valence-electron chi connectivity index (χ2n) is 7.17. The predicted molar refractivity (Wildman–Crippen MR) is 80.1 cm³/mol. The lowest BCUT2D eigenvalue weighted by atomic mass is 9.75. The fourth-order valence-electron chi connectivity index (χ4n) is 3.66. The molecule has 120 valence electrons. The Kier molecular flexibility index (Phi) is 4.52. The number of methoxy groups -OCH3 is 1. The summed E-state index contributed by atoms with van der Waals surface area (Å²) in [7, 11) is 3.77. The number of rotatable bonds is 6. The molecule has 21 heavy (non-hydrogen) atoms. The van der Waals surface area contributed by atoms with Crippen LogP contribution in [0.1, 0.15) is 25.7 Å². The zero-order chi connectivity index (χ0) is 14.9. The van der Waals surface area contributed by atoms with Crippen molar-refractivity contribution in [1.82, 2.24) is 9.80 Å². The third kappa shape index (κ3) is 3.41. The second kappa shape index (κ2) is 6.23. The van der Waals surface area contributed by atoms with E-state index in [1.807, 2.05) is 4.90 Å². The highest BCUT2D eigenvalue weighted by Gasteiger charge is 2.50. The van der Waals surface area contributed by atoms with Crippen molar-refractivity contribution in [1.29, 1.82) is 0 Å². The summed E-state index contributed by atoms with van der Waals surface area (Å²) in [6, 6.07) is 0.